The zero-order valence-corrected chi connectivity index (χ0v) is 15.1. The van der Waals surface area contributed by atoms with Crippen LogP contribution in [-0.2, 0) is 11.4 Å². The lowest BCUT2D eigenvalue weighted by atomic mass is 10.1. The van der Waals surface area contributed by atoms with Crippen LogP contribution in [-0.4, -0.2) is 42.5 Å². The summed E-state index contributed by atoms with van der Waals surface area (Å²) in [5, 5.41) is 3.18. The maximum Gasteiger partial charge on any atom is 0.246 e. The number of nitrogens with zero attached hydrogens (tertiary/aromatic N) is 2. The molecule has 26 heavy (non-hydrogen) atoms. The maximum absolute atomic E-state index is 12.3. The van der Waals surface area contributed by atoms with E-state index in [0.717, 1.165) is 42.9 Å². The van der Waals surface area contributed by atoms with Crippen molar-refractivity contribution in [2.75, 3.05) is 26.7 Å². The van der Waals surface area contributed by atoms with E-state index in [4.69, 9.17) is 4.74 Å². The van der Waals surface area contributed by atoms with Crippen LogP contribution < -0.4 is 10.1 Å². The molecular formula is C21H25N3O2. The van der Waals surface area contributed by atoms with Crippen LogP contribution in [0.3, 0.4) is 0 Å². The number of pyridine rings is 1. The van der Waals surface area contributed by atoms with Crippen molar-refractivity contribution in [2.45, 2.75) is 13.0 Å². The molecule has 2 heterocycles. The highest BCUT2D eigenvalue weighted by molar-refractivity contribution is 5.92. The Hall–Kier alpha value is -2.66. The molecule has 136 valence electrons. The van der Waals surface area contributed by atoms with E-state index in [1.165, 1.54) is 0 Å². The first kappa shape index (κ1) is 18.1. The fourth-order valence-corrected chi connectivity index (χ4v) is 3.09. The Morgan fingerprint density at radius 2 is 2.19 bits per heavy atom. The molecule has 1 unspecified atom stereocenters. The second kappa shape index (κ2) is 9.15. The Morgan fingerprint density at radius 3 is 2.92 bits per heavy atom. The molecule has 1 aliphatic heterocycles. The largest absolute Gasteiger partial charge is 0.489 e. The molecule has 1 aromatic heterocycles. The lowest BCUT2D eigenvalue weighted by molar-refractivity contribution is -0.125. The minimum Gasteiger partial charge on any atom is -0.489 e. The number of amides is 1. The van der Waals surface area contributed by atoms with Gasteiger partial charge in [-0.1, -0.05) is 18.2 Å². The summed E-state index contributed by atoms with van der Waals surface area (Å²) in [7, 11) is 1.95. The number of benzene rings is 1. The van der Waals surface area contributed by atoms with Crippen molar-refractivity contribution in [3.05, 3.63) is 66.0 Å². The Balaban J connectivity index is 1.49. The van der Waals surface area contributed by atoms with Gasteiger partial charge in [-0.2, -0.15) is 0 Å². The van der Waals surface area contributed by atoms with Gasteiger partial charge in [-0.3, -0.25) is 9.78 Å². The first-order valence-corrected chi connectivity index (χ1v) is 8.98. The molecule has 0 radical (unpaired) electrons. The average Bonchev–Trinajstić information content (AvgIpc) is 3.15. The van der Waals surface area contributed by atoms with Gasteiger partial charge in [0.25, 0.3) is 0 Å². The normalized spacial score (nSPS) is 17.0. The number of likely N-dealkylation sites (tertiary alicyclic amines) is 1. The van der Waals surface area contributed by atoms with Gasteiger partial charge in [0.05, 0.1) is 0 Å². The van der Waals surface area contributed by atoms with Crippen molar-refractivity contribution < 1.29 is 9.53 Å². The average molecular weight is 351 g/mol. The second-order valence-corrected chi connectivity index (χ2v) is 6.55. The minimum absolute atomic E-state index is 0.0838. The molecule has 1 fully saturated rings. The minimum atomic E-state index is 0.0838. The zero-order chi connectivity index (χ0) is 18.2. The number of hydrogen-bond acceptors (Lipinski definition) is 4. The summed E-state index contributed by atoms with van der Waals surface area (Å²) >= 11 is 0. The molecule has 2 aromatic rings. The lowest BCUT2D eigenvalue weighted by Crippen LogP contribution is -2.28. The molecule has 1 N–H and O–H groups in total. The Labute approximate surface area is 154 Å². The van der Waals surface area contributed by atoms with E-state index in [0.29, 0.717) is 12.5 Å². The third kappa shape index (κ3) is 5.17. The van der Waals surface area contributed by atoms with Gasteiger partial charge >= 0.3 is 0 Å². The van der Waals surface area contributed by atoms with E-state index < -0.39 is 0 Å². The first-order chi connectivity index (χ1) is 12.7. The van der Waals surface area contributed by atoms with Crippen LogP contribution in [0.25, 0.3) is 6.08 Å². The number of carbonyl (C=O) groups excluding carboxylic acids is 1. The van der Waals surface area contributed by atoms with Crippen molar-refractivity contribution >= 4 is 12.0 Å². The Kier molecular flexibility index (Phi) is 6.39. The molecule has 5 nitrogen and oxygen atoms in total. The van der Waals surface area contributed by atoms with Crippen molar-refractivity contribution in [1.82, 2.24) is 15.2 Å². The standard InChI is InChI=1S/C21H25N3O2/c1-22-13-18-10-12-24(15-18)21(25)9-6-17-4-7-20(8-5-17)26-16-19-3-2-11-23-14-19/h2-9,11,14,18,22H,10,12-13,15-16H2,1H3. The van der Waals surface area contributed by atoms with Crippen molar-refractivity contribution in [1.29, 1.82) is 0 Å². The fourth-order valence-electron chi connectivity index (χ4n) is 3.09. The molecule has 3 rings (SSSR count). The smallest absolute Gasteiger partial charge is 0.246 e. The molecular weight excluding hydrogens is 326 g/mol. The number of hydrogen-bond donors (Lipinski definition) is 1. The van der Waals surface area contributed by atoms with Gasteiger partial charge in [0.15, 0.2) is 0 Å². The molecule has 1 saturated heterocycles. The quantitative estimate of drug-likeness (QED) is 0.780. The van der Waals surface area contributed by atoms with Gasteiger partial charge in [-0.25, -0.2) is 0 Å². The topological polar surface area (TPSA) is 54.5 Å². The lowest BCUT2D eigenvalue weighted by Gasteiger charge is -2.14. The number of ether oxygens (including phenoxy) is 1. The Morgan fingerprint density at radius 1 is 1.35 bits per heavy atom. The van der Waals surface area contributed by atoms with E-state index >= 15 is 0 Å². The van der Waals surface area contributed by atoms with Crippen LogP contribution in [0.15, 0.2) is 54.9 Å². The van der Waals surface area contributed by atoms with Crippen LogP contribution in [0.4, 0.5) is 0 Å². The second-order valence-electron chi connectivity index (χ2n) is 6.55. The van der Waals surface area contributed by atoms with E-state index in [1.807, 2.05) is 54.4 Å². The van der Waals surface area contributed by atoms with Gasteiger partial charge in [-0.15, -0.1) is 0 Å². The molecule has 1 aliphatic rings. The number of aromatic nitrogens is 1. The summed E-state index contributed by atoms with van der Waals surface area (Å²) in [5.74, 6) is 1.45. The highest BCUT2D eigenvalue weighted by atomic mass is 16.5. The van der Waals surface area contributed by atoms with Crippen LogP contribution >= 0.6 is 0 Å². The zero-order valence-electron chi connectivity index (χ0n) is 15.1. The predicted octanol–water partition coefficient (Wildman–Crippen LogP) is 2.74. The van der Waals surface area contributed by atoms with E-state index in [9.17, 15) is 4.79 Å². The number of rotatable bonds is 7. The van der Waals surface area contributed by atoms with E-state index in [-0.39, 0.29) is 5.91 Å². The van der Waals surface area contributed by atoms with E-state index in [2.05, 4.69) is 10.3 Å². The molecule has 0 spiro atoms. The predicted molar refractivity (Wildman–Crippen MR) is 103 cm³/mol. The van der Waals surface area contributed by atoms with Gasteiger partial charge in [-0.05, 0) is 55.8 Å². The summed E-state index contributed by atoms with van der Waals surface area (Å²) in [4.78, 5) is 18.3. The molecule has 1 aromatic carbocycles. The molecule has 5 heteroatoms. The SMILES string of the molecule is CNCC1CCN(C(=O)C=Cc2ccc(OCc3cccnc3)cc2)C1. The maximum atomic E-state index is 12.3. The summed E-state index contributed by atoms with van der Waals surface area (Å²) in [6.07, 6.45) is 8.13. The summed E-state index contributed by atoms with van der Waals surface area (Å²) < 4.78 is 5.74. The first-order valence-electron chi connectivity index (χ1n) is 8.98. The summed E-state index contributed by atoms with van der Waals surface area (Å²) in [5.41, 5.74) is 2.02. The fraction of sp³-hybridized carbons (Fsp3) is 0.333. The monoisotopic (exact) mass is 351 g/mol. The van der Waals surface area contributed by atoms with Gasteiger partial charge < -0.3 is 15.0 Å². The number of nitrogens with one attached hydrogen (secondary N) is 1. The highest BCUT2D eigenvalue weighted by Crippen LogP contribution is 2.17. The molecule has 0 saturated carbocycles. The van der Waals surface area contributed by atoms with Gasteiger partial charge in [0.2, 0.25) is 5.91 Å². The van der Waals surface area contributed by atoms with Crippen molar-refractivity contribution in [3.63, 3.8) is 0 Å². The van der Waals surface area contributed by atoms with Crippen molar-refractivity contribution in [3.8, 4) is 5.75 Å². The third-order valence-electron chi connectivity index (χ3n) is 4.52. The highest BCUT2D eigenvalue weighted by Gasteiger charge is 2.24. The molecule has 0 aliphatic carbocycles. The van der Waals surface area contributed by atoms with Gasteiger partial charge in [0, 0.05) is 37.1 Å². The van der Waals surface area contributed by atoms with Crippen LogP contribution in [0.1, 0.15) is 17.5 Å². The Bertz CT molecular complexity index is 729. The third-order valence-corrected chi connectivity index (χ3v) is 4.52. The summed E-state index contributed by atoms with van der Waals surface area (Å²) in [6, 6.07) is 11.6. The van der Waals surface area contributed by atoms with Gasteiger partial charge in [0.1, 0.15) is 12.4 Å². The van der Waals surface area contributed by atoms with E-state index in [1.54, 1.807) is 18.5 Å². The van der Waals surface area contributed by atoms with Crippen LogP contribution in [0.5, 0.6) is 5.75 Å². The molecule has 1 amide bonds. The van der Waals surface area contributed by atoms with Crippen LogP contribution in [0, 0.1) is 5.92 Å². The molecule has 1 atom stereocenters. The molecule has 0 bridgehead atoms. The van der Waals surface area contributed by atoms with Crippen molar-refractivity contribution in [2.24, 2.45) is 5.92 Å². The number of carbonyl (C=O) groups is 1. The van der Waals surface area contributed by atoms with Crippen LogP contribution in [0.2, 0.25) is 0 Å². The summed E-state index contributed by atoms with van der Waals surface area (Å²) in [6.45, 7) is 3.14.